The number of benzene rings is 1. The molecule has 0 saturated carbocycles. The highest BCUT2D eigenvalue weighted by atomic mass is 19.3. The van der Waals surface area contributed by atoms with Crippen molar-refractivity contribution in [1.29, 1.82) is 0 Å². The number of nitrogen functional groups attached to an aromatic ring is 1. The number of aromatic nitrogens is 2. The molecule has 0 atom stereocenters. The van der Waals surface area contributed by atoms with Crippen LogP contribution in [0.3, 0.4) is 0 Å². The summed E-state index contributed by atoms with van der Waals surface area (Å²) >= 11 is 0. The molecule has 3 N–H and O–H groups in total. The molecule has 106 valence electrons. The van der Waals surface area contributed by atoms with E-state index in [1.54, 1.807) is 26.0 Å². The van der Waals surface area contributed by atoms with Gasteiger partial charge in [-0.2, -0.15) is 8.78 Å². The molecular formula is C13H14F2N4O. The molecule has 0 bridgehead atoms. The third kappa shape index (κ3) is 3.31. The Kier molecular flexibility index (Phi) is 3.97. The first-order valence-electron chi connectivity index (χ1n) is 5.88. The van der Waals surface area contributed by atoms with E-state index in [1.165, 1.54) is 12.1 Å². The third-order valence-electron chi connectivity index (χ3n) is 2.64. The van der Waals surface area contributed by atoms with Crippen LogP contribution in [0.15, 0.2) is 24.3 Å². The molecule has 0 aliphatic heterocycles. The van der Waals surface area contributed by atoms with Crippen LogP contribution in [0.4, 0.5) is 26.1 Å². The van der Waals surface area contributed by atoms with Crippen LogP contribution in [0.25, 0.3) is 0 Å². The number of hydrogen-bond donors (Lipinski definition) is 2. The lowest BCUT2D eigenvalue weighted by molar-refractivity contribution is -0.0498. The van der Waals surface area contributed by atoms with Gasteiger partial charge >= 0.3 is 6.61 Å². The Morgan fingerprint density at radius 3 is 2.40 bits per heavy atom. The lowest BCUT2D eigenvalue weighted by atomic mass is 10.2. The summed E-state index contributed by atoms with van der Waals surface area (Å²) in [5.74, 6) is 1.63. The molecule has 0 radical (unpaired) electrons. The van der Waals surface area contributed by atoms with Crippen molar-refractivity contribution in [1.82, 2.24) is 9.97 Å². The number of halogens is 2. The molecule has 1 aromatic heterocycles. The second-order valence-electron chi connectivity index (χ2n) is 4.16. The van der Waals surface area contributed by atoms with Gasteiger partial charge in [0.2, 0.25) is 0 Å². The SMILES string of the molecule is Cc1nc(N)c(C)c(Nc2ccc(OC(F)F)cc2)n1. The number of nitrogens with zero attached hydrogens (tertiary/aromatic N) is 2. The Morgan fingerprint density at radius 2 is 1.80 bits per heavy atom. The topological polar surface area (TPSA) is 73.1 Å². The van der Waals surface area contributed by atoms with E-state index < -0.39 is 6.61 Å². The van der Waals surface area contributed by atoms with Crippen molar-refractivity contribution < 1.29 is 13.5 Å². The molecule has 0 fully saturated rings. The van der Waals surface area contributed by atoms with Crippen molar-refractivity contribution >= 4 is 17.3 Å². The number of nitrogens with two attached hydrogens (primary N) is 1. The van der Waals surface area contributed by atoms with Crippen molar-refractivity contribution in [3.05, 3.63) is 35.7 Å². The molecule has 1 heterocycles. The largest absolute Gasteiger partial charge is 0.435 e. The van der Waals surface area contributed by atoms with Gasteiger partial charge in [-0.25, -0.2) is 9.97 Å². The summed E-state index contributed by atoms with van der Waals surface area (Å²) < 4.78 is 28.4. The van der Waals surface area contributed by atoms with E-state index in [9.17, 15) is 8.78 Å². The van der Waals surface area contributed by atoms with Gasteiger partial charge in [-0.15, -0.1) is 0 Å². The van der Waals surface area contributed by atoms with Gasteiger partial charge in [0.05, 0.1) is 0 Å². The maximum Gasteiger partial charge on any atom is 0.387 e. The summed E-state index contributed by atoms with van der Waals surface area (Å²) in [7, 11) is 0. The molecule has 2 aromatic rings. The highest BCUT2D eigenvalue weighted by molar-refractivity contribution is 5.64. The standard InChI is InChI=1S/C13H14F2N4O/c1-7-11(16)17-8(2)18-12(7)19-9-3-5-10(6-4-9)20-13(14)15/h3-6,13H,1-2H3,(H3,16,17,18,19). The van der Waals surface area contributed by atoms with E-state index in [4.69, 9.17) is 5.73 Å². The van der Waals surface area contributed by atoms with Gasteiger partial charge in [0.25, 0.3) is 0 Å². The lowest BCUT2D eigenvalue weighted by Gasteiger charge is -2.11. The van der Waals surface area contributed by atoms with E-state index in [0.29, 0.717) is 23.1 Å². The van der Waals surface area contributed by atoms with Gasteiger partial charge in [0, 0.05) is 11.3 Å². The Labute approximate surface area is 114 Å². The molecular weight excluding hydrogens is 266 g/mol. The number of anilines is 3. The number of rotatable bonds is 4. The van der Waals surface area contributed by atoms with Gasteiger partial charge in [0.15, 0.2) is 0 Å². The molecule has 20 heavy (non-hydrogen) atoms. The molecule has 0 saturated heterocycles. The van der Waals surface area contributed by atoms with Crippen LogP contribution in [0, 0.1) is 13.8 Å². The van der Waals surface area contributed by atoms with E-state index >= 15 is 0 Å². The molecule has 0 aliphatic rings. The number of aryl methyl sites for hydroxylation is 1. The van der Waals surface area contributed by atoms with Crippen LogP contribution >= 0.6 is 0 Å². The Hall–Kier alpha value is -2.44. The van der Waals surface area contributed by atoms with Gasteiger partial charge in [0.1, 0.15) is 23.2 Å². The molecule has 0 aliphatic carbocycles. The minimum absolute atomic E-state index is 0.0978. The maximum absolute atomic E-state index is 12.0. The first kappa shape index (κ1) is 14.0. The average Bonchev–Trinajstić information content (AvgIpc) is 2.37. The van der Waals surface area contributed by atoms with E-state index in [-0.39, 0.29) is 5.75 Å². The smallest absolute Gasteiger partial charge is 0.387 e. The first-order chi connectivity index (χ1) is 9.45. The zero-order valence-corrected chi connectivity index (χ0v) is 11.0. The van der Waals surface area contributed by atoms with Crippen molar-refractivity contribution in [2.45, 2.75) is 20.5 Å². The Morgan fingerprint density at radius 1 is 1.15 bits per heavy atom. The number of alkyl halides is 2. The Balaban J connectivity index is 2.18. The van der Waals surface area contributed by atoms with Gasteiger partial charge in [-0.1, -0.05) is 0 Å². The minimum atomic E-state index is -2.83. The monoisotopic (exact) mass is 280 g/mol. The van der Waals surface area contributed by atoms with Crippen LogP contribution in [0.5, 0.6) is 5.75 Å². The van der Waals surface area contributed by atoms with Crippen LogP contribution in [-0.2, 0) is 0 Å². The predicted octanol–water partition coefficient (Wildman–Crippen LogP) is 3.02. The summed E-state index contributed by atoms with van der Waals surface area (Å²) in [5.41, 5.74) is 7.17. The van der Waals surface area contributed by atoms with Crippen molar-refractivity contribution in [2.75, 3.05) is 11.1 Å². The zero-order valence-electron chi connectivity index (χ0n) is 11.0. The fourth-order valence-corrected chi connectivity index (χ4v) is 1.63. The lowest BCUT2D eigenvalue weighted by Crippen LogP contribution is -2.05. The van der Waals surface area contributed by atoms with Crippen molar-refractivity contribution in [3.8, 4) is 5.75 Å². The molecule has 7 heteroatoms. The predicted molar refractivity (Wildman–Crippen MR) is 72.3 cm³/mol. The summed E-state index contributed by atoms with van der Waals surface area (Å²) in [5, 5.41) is 3.06. The van der Waals surface area contributed by atoms with Gasteiger partial charge in [-0.05, 0) is 38.1 Å². The molecule has 0 unspecified atom stereocenters. The van der Waals surface area contributed by atoms with Gasteiger partial charge < -0.3 is 15.8 Å². The maximum atomic E-state index is 12.0. The molecule has 2 rings (SSSR count). The fraction of sp³-hybridized carbons (Fsp3) is 0.231. The first-order valence-corrected chi connectivity index (χ1v) is 5.88. The number of ether oxygens (including phenoxy) is 1. The highest BCUT2D eigenvalue weighted by Gasteiger charge is 2.08. The van der Waals surface area contributed by atoms with Crippen LogP contribution < -0.4 is 15.8 Å². The minimum Gasteiger partial charge on any atom is -0.435 e. The molecule has 0 spiro atoms. The van der Waals surface area contributed by atoms with Crippen LogP contribution in [0.1, 0.15) is 11.4 Å². The van der Waals surface area contributed by atoms with Crippen LogP contribution in [-0.4, -0.2) is 16.6 Å². The normalized spacial score (nSPS) is 10.7. The van der Waals surface area contributed by atoms with Crippen LogP contribution in [0.2, 0.25) is 0 Å². The molecule has 5 nitrogen and oxygen atoms in total. The third-order valence-corrected chi connectivity index (χ3v) is 2.64. The van der Waals surface area contributed by atoms with Crippen molar-refractivity contribution in [3.63, 3.8) is 0 Å². The number of nitrogens with one attached hydrogen (secondary N) is 1. The van der Waals surface area contributed by atoms with E-state index in [1.807, 2.05) is 0 Å². The fourth-order valence-electron chi connectivity index (χ4n) is 1.63. The summed E-state index contributed by atoms with van der Waals surface area (Å²) in [6.45, 7) is 0.701. The number of hydrogen-bond acceptors (Lipinski definition) is 5. The molecule has 1 aromatic carbocycles. The van der Waals surface area contributed by atoms with E-state index in [2.05, 4.69) is 20.0 Å². The average molecular weight is 280 g/mol. The summed E-state index contributed by atoms with van der Waals surface area (Å²) in [6, 6.07) is 6.12. The summed E-state index contributed by atoms with van der Waals surface area (Å²) in [6.07, 6.45) is 0. The van der Waals surface area contributed by atoms with E-state index in [0.717, 1.165) is 5.56 Å². The highest BCUT2D eigenvalue weighted by Crippen LogP contribution is 2.23. The van der Waals surface area contributed by atoms with Crippen molar-refractivity contribution in [2.24, 2.45) is 0 Å². The second-order valence-corrected chi connectivity index (χ2v) is 4.16. The van der Waals surface area contributed by atoms with Gasteiger partial charge in [-0.3, -0.25) is 0 Å². The quantitative estimate of drug-likeness (QED) is 0.900. The summed E-state index contributed by atoms with van der Waals surface area (Å²) in [4.78, 5) is 8.29. The molecule has 0 amide bonds. The second kappa shape index (κ2) is 5.68. The Bertz CT molecular complexity index is 602. The zero-order chi connectivity index (χ0) is 14.7.